The standard InChI is InChI=1S/C9H13N5O4/c15-7-4-10-2-5(7)3-11-9(16)6-1-8(13-12-6)14(17)18/h1,5,7,10,15H,2-4H2,(H,11,16)(H,12,13). The molecule has 2 atom stereocenters. The van der Waals surface area contributed by atoms with Crippen molar-refractivity contribution in [2.45, 2.75) is 6.10 Å². The Morgan fingerprint density at radius 3 is 3.00 bits per heavy atom. The number of amides is 1. The zero-order chi connectivity index (χ0) is 13.1. The van der Waals surface area contributed by atoms with Crippen LogP contribution in [0.5, 0.6) is 0 Å². The highest BCUT2D eigenvalue weighted by Gasteiger charge is 2.26. The number of aromatic nitrogens is 2. The predicted molar refractivity (Wildman–Crippen MR) is 59.9 cm³/mol. The lowest BCUT2D eigenvalue weighted by Gasteiger charge is -2.12. The Bertz CT molecular complexity index is 460. The van der Waals surface area contributed by atoms with E-state index in [1.165, 1.54) is 0 Å². The van der Waals surface area contributed by atoms with Crippen molar-refractivity contribution in [1.29, 1.82) is 0 Å². The summed E-state index contributed by atoms with van der Waals surface area (Å²) in [5.41, 5.74) is -0.0397. The largest absolute Gasteiger partial charge is 0.391 e. The second kappa shape index (κ2) is 5.10. The average Bonchev–Trinajstić information content (AvgIpc) is 2.94. The van der Waals surface area contributed by atoms with Crippen LogP contribution in [0, 0.1) is 16.0 Å². The van der Waals surface area contributed by atoms with Crippen molar-refractivity contribution in [3.05, 3.63) is 21.9 Å². The van der Waals surface area contributed by atoms with E-state index >= 15 is 0 Å². The van der Waals surface area contributed by atoms with Crippen LogP contribution < -0.4 is 10.6 Å². The molecule has 0 spiro atoms. The average molecular weight is 255 g/mol. The topological polar surface area (TPSA) is 133 Å². The molecule has 2 rings (SSSR count). The van der Waals surface area contributed by atoms with Crippen molar-refractivity contribution in [3.63, 3.8) is 0 Å². The van der Waals surface area contributed by atoms with Crippen molar-refractivity contribution in [3.8, 4) is 0 Å². The first kappa shape index (κ1) is 12.5. The van der Waals surface area contributed by atoms with Gasteiger partial charge < -0.3 is 25.9 Å². The molecule has 1 aromatic rings. The summed E-state index contributed by atoms with van der Waals surface area (Å²) in [6, 6.07) is 1.07. The van der Waals surface area contributed by atoms with E-state index < -0.39 is 16.9 Å². The summed E-state index contributed by atoms with van der Waals surface area (Å²) in [5.74, 6) is -0.885. The summed E-state index contributed by atoms with van der Waals surface area (Å²) in [4.78, 5) is 21.4. The van der Waals surface area contributed by atoms with Gasteiger partial charge in [-0.25, -0.2) is 0 Å². The summed E-state index contributed by atoms with van der Waals surface area (Å²) >= 11 is 0. The van der Waals surface area contributed by atoms with E-state index in [4.69, 9.17) is 0 Å². The summed E-state index contributed by atoms with van der Waals surface area (Å²) in [5, 5.41) is 31.2. The first-order valence-electron chi connectivity index (χ1n) is 5.44. The number of hydrogen-bond donors (Lipinski definition) is 4. The van der Waals surface area contributed by atoms with Gasteiger partial charge in [-0.2, -0.15) is 0 Å². The van der Waals surface area contributed by atoms with Gasteiger partial charge in [0.2, 0.25) is 0 Å². The Labute approximate surface area is 102 Å². The number of aliphatic hydroxyl groups excluding tert-OH is 1. The minimum absolute atomic E-state index is 0.0397. The first-order valence-corrected chi connectivity index (χ1v) is 5.44. The van der Waals surface area contributed by atoms with Crippen molar-refractivity contribution >= 4 is 11.7 Å². The van der Waals surface area contributed by atoms with Crippen LogP contribution in [0.2, 0.25) is 0 Å². The van der Waals surface area contributed by atoms with Crippen LogP contribution in [0.4, 0.5) is 5.82 Å². The SMILES string of the molecule is O=C(NCC1CNCC1O)c1cc([N+](=O)[O-])[nH]n1. The molecule has 2 heterocycles. The molecule has 4 N–H and O–H groups in total. The summed E-state index contributed by atoms with van der Waals surface area (Å²) in [6.45, 7) is 1.43. The number of nitrogens with zero attached hydrogens (tertiary/aromatic N) is 2. The molecule has 1 aliphatic heterocycles. The molecule has 0 radical (unpaired) electrons. The van der Waals surface area contributed by atoms with Gasteiger partial charge in [0.1, 0.15) is 0 Å². The van der Waals surface area contributed by atoms with E-state index in [-0.39, 0.29) is 17.4 Å². The van der Waals surface area contributed by atoms with Crippen LogP contribution in [0.25, 0.3) is 0 Å². The molecule has 9 heteroatoms. The molecule has 2 unspecified atom stereocenters. The Kier molecular flexibility index (Phi) is 3.53. The summed E-state index contributed by atoms with van der Waals surface area (Å²) < 4.78 is 0. The highest BCUT2D eigenvalue weighted by molar-refractivity contribution is 5.92. The van der Waals surface area contributed by atoms with Crippen LogP contribution in [0.15, 0.2) is 6.07 Å². The van der Waals surface area contributed by atoms with Crippen LogP contribution in [-0.4, -0.2) is 51.9 Å². The maximum Gasteiger partial charge on any atom is 0.343 e. The highest BCUT2D eigenvalue weighted by Crippen LogP contribution is 2.09. The first-order chi connectivity index (χ1) is 8.58. The molecule has 9 nitrogen and oxygen atoms in total. The number of rotatable bonds is 4. The monoisotopic (exact) mass is 255 g/mol. The molecule has 0 bridgehead atoms. The van der Waals surface area contributed by atoms with E-state index in [0.29, 0.717) is 19.6 Å². The van der Waals surface area contributed by atoms with Gasteiger partial charge in [-0.3, -0.25) is 4.79 Å². The van der Waals surface area contributed by atoms with E-state index in [0.717, 1.165) is 6.07 Å². The van der Waals surface area contributed by atoms with Gasteiger partial charge >= 0.3 is 5.82 Å². The third-order valence-electron chi connectivity index (χ3n) is 2.82. The Hall–Kier alpha value is -2.00. The van der Waals surface area contributed by atoms with Gasteiger partial charge in [0.25, 0.3) is 5.91 Å². The fourth-order valence-electron chi connectivity index (χ4n) is 1.76. The fourth-order valence-corrected chi connectivity index (χ4v) is 1.76. The fraction of sp³-hybridized carbons (Fsp3) is 0.556. The van der Waals surface area contributed by atoms with Gasteiger partial charge in [0.15, 0.2) is 5.69 Å². The molecule has 0 aliphatic carbocycles. The van der Waals surface area contributed by atoms with E-state index in [9.17, 15) is 20.0 Å². The number of nitro groups is 1. The summed E-state index contributed by atoms with van der Waals surface area (Å²) in [7, 11) is 0. The number of H-pyrrole nitrogens is 1. The minimum Gasteiger partial charge on any atom is -0.391 e. The molecule has 98 valence electrons. The second-order valence-corrected chi connectivity index (χ2v) is 4.09. The van der Waals surface area contributed by atoms with E-state index in [1.807, 2.05) is 0 Å². The smallest absolute Gasteiger partial charge is 0.343 e. The van der Waals surface area contributed by atoms with Crippen molar-refractivity contribution in [2.75, 3.05) is 19.6 Å². The Balaban J connectivity index is 1.89. The van der Waals surface area contributed by atoms with Gasteiger partial charge in [0, 0.05) is 25.6 Å². The lowest BCUT2D eigenvalue weighted by atomic mass is 10.1. The number of β-amino-alcohol motifs (C(OH)–C–C–N with tert-alkyl or cyclic N) is 1. The maximum absolute atomic E-state index is 11.6. The molecule has 1 amide bonds. The molecular weight excluding hydrogens is 242 g/mol. The number of aliphatic hydroxyl groups is 1. The highest BCUT2D eigenvalue weighted by atomic mass is 16.6. The van der Waals surface area contributed by atoms with Crippen LogP contribution in [0.1, 0.15) is 10.5 Å². The number of carbonyl (C=O) groups excluding carboxylic acids is 1. The predicted octanol–water partition coefficient (Wildman–Crippen LogP) is -1.37. The lowest BCUT2D eigenvalue weighted by Crippen LogP contribution is -2.34. The molecular formula is C9H13N5O4. The molecule has 1 saturated heterocycles. The zero-order valence-electron chi connectivity index (χ0n) is 9.42. The van der Waals surface area contributed by atoms with Crippen LogP contribution in [0.3, 0.4) is 0 Å². The Morgan fingerprint density at radius 2 is 2.44 bits per heavy atom. The Morgan fingerprint density at radius 1 is 1.67 bits per heavy atom. The van der Waals surface area contributed by atoms with E-state index in [2.05, 4.69) is 20.8 Å². The van der Waals surface area contributed by atoms with E-state index in [1.54, 1.807) is 0 Å². The van der Waals surface area contributed by atoms with Crippen molar-refractivity contribution in [2.24, 2.45) is 5.92 Å². The number of hydrogen-bond acceptors (Lipinski definition) is 6. The second-order valence-electron chi connectivity index (χ2n) is 4.09. The molecule has 0 saturated carbocycles. The quantitative estimate of drug-likeness (QED) is 0.387. The van der Waals surface area contributed by atoms with Crippen LogP contribution in [-0.2, 0) is 0 Å². The molecule has 1 fully saturated rings. The lowest BCUT2D eigenvalue weighted by molar-refractivity contribution is -0.389. The minimum atomic E-state index is -0.658. The molecule has 1 aliphatic rings. The van der Waals surface area contributed by atoms with Gasteiger partial charge in [-0.1, -0.05) is 5.10 Å². The summed E-state index contributed by atoms with van der Waals surface area (Å²) in [6.07, 6.45) is -0.487. The third-order valence-corrected chi connectivity index (χ3v) is 2.82. The number of aromatic amines is 1. The number of nitrogens with one attached hydrogen (secondary N) is 3. The number of carbonyl (C=O) groups is 1. The molecule has 18 heavy (non-hydrogen) atoms. The van der Waals surface area contributed by atoms with Crippen molar-refractivity contribution in [1.82, 2.24) is 20.8 Å². The van der Waals surface area contributed by atoms with Gasteiger partial charge in [-0.05, 0) is 4.92 Å². The maximum atomic E-state index is 11.6. The van der Waals surface area contributed by atoms with Gasteiger partial charge in [-0.15, -0.1) is 5.10 Å². The third kappa shape index (κ3) is 2.63. The zero-order valence-corrected chi connectivity index (χ0v) is 9.42. The van der Waals surface area contributed by atoms with Crippen molar-refractivity contribution < 1.29 is 14.8 Å². The molecule has 1 aromatic heterocycles. The van der Waals surface area contributed by atoms with Gasteiger partial charge in [0.05, 0.1) is 12.2 Å². The normalized spacial score (nSPS) is 22.9. The van der Waals surface area contributed by atoms with Crippen LogP contribution >= 0.6 is 0 Å². The molecule has 0 aromatic carbocycles.